The Labute approximate surface area is 171 Å². The fraction of sp³-hybridized carbons (Fsp3) is 0.522. The van der Waals surface area contributed by atoms with Crippen LogP contribution in [0.3, 0.4) is 0 Å². The number of nitrogens with zero attached hydrogens (tertiary/aromatic N) is 1. The molecule has 1 aromatic carbocycles. The average molecular weight is 400 g/mol. The molecular weight excluding hydrogens is 371 g/mol. The Kier molecular flexibility index (Phi) is 5.92. The number of hydrazine groups is 1. The van der Waals surface area contributed by atoms with Crippen molar-refractivity contribution in [2.24, 2.45) is 29.1 Å². The van der Waals surface area contributed by atoms with Crippen LogP contribution in [0.15, 0.2) is 36.4 Å². The number of hydrogen-bond donors (Lipinski definition) is 1. The van der Waals surface area contributed by atoms with Crippen LogP contribution in [-0.4, -0.2) is 22.7 Å². The van der Waals surface area contributed by atoms with E-state index in [1.807, 2.05) is 26.0 Å². The van der Waals surface area contributed by atoms with E-state index >= 15 is 0 Å². The molecule has 1 N–H and O–H groups in total. The van der Waals surface area contributed by atoms with Crippen molar-refractivity contribution in [1.29, 1.82) is 0 Å². The van der Waals surface area contributed by atoms with Crippen molar-refractivity contribution < 1.29 is 18.8 Å². The molecule has 3 amide bonds. The summed E-state index contributed by atoms with van der Waals surface area (Å²) in [5.74, 6) is -1.50. The van der Waals surface area contributed by atoms with Gasteiger partial charge in [-0.1, -0.05) is 38.8 Å². The summed E-state index contributed by atoms with van der Waals surface area (Å²) < 4.78 is 13.1. The monoisotopic (exact) mass is 400 g/mol. The van der Waals surface area contributed by atoms with Gasteiger partial charge >= 0.3 is 0 Å². The first-order valence-corrected chi connectivity index (χ1v) is 10.3. The van der Waals surface area contributed by atoms with Gasteiger partial charge in [0.25, 0.3) is 17.7 Å². The van der Waals surface area contributed by atoms with Crippen molar-refractivity contribution in [3.05, 3.63) is 47.8 Å². The van der Waals surface area contributed by atoms with E-state index < -0.39 is 29.0 Å². The summed E-state index contributed by atoms with van der Waals surface area (Å²) in [6, 6.07) is 4.97. The molecule has 1 aliphatic heterocycles. The van der Waals surface area contributed by atoms with Gasteiger partial charge < -0.3 is 0 Å². The molecule has 1 aliphatic carbocycles. The average Bonchev–Trinajstić information content (AvgIpc) is 3.44. The minimum absolute atomic E-state index is 0.0526. The number of rotatable bonds is 7. The molecule has 1 aromatic rings. The lowest BCUT2D eigenvalue weighted by Crippen LogP contribution is -2.48. The summed E-state index contributed by atoms with van der Waals surface area (Å²) in [7, 11) is 0. The predicted octanol–water partition coefficient (Wildman–Crippen LogP) is 4.11. The van der Waals surface area contributed by atoms with Crippen LogP contribution < -0.4 is 5.43 Å². The fourth-order valence-electron chi connectivity index (χ4n) is 4.69. The first-order chi connectivity index (χ1) is 13.7. The molecule has 0 bridgehead atoms. The number of halogens is 1. The number of benzene rings is 1. The van der Waals surface area contributed by atoms with Gasteiger partial charge in [0.15, 0.2) is 0 Å². The Bertz CT molecular complexity index is 835. The van der Waals surface area contributed by atoms with Crippen LogP contribution in [0.25, 0.3) is 0 Å². The molecule has 1 saturated carbocycles. The van der Waals surface area contributed by atoms with Gasteiger partial charge in [0.1, 0.15) is 5.82 Å². The Hall–Kier alpha value is -2.50. The van der Waals surface area contributed by atoms with Crippen LogP contribution in [0.2, 0.25) is 0 Å². The third kappa shape index (κ3) is 3.72. The molecule has 3 rings (SSSR count). The van der Waals surface area contributed by atoms with Crippen molar-refractivity contribution >= 4 is 17.7 Å². The van der Waals surface area contributed by atoms with E-state index in [9.17, 15) is 18.8 Å². The summed E-state index contributed by atoms with van der Waals surface area (Å²) >= 11 is 0. The molecule has 0 aromatic heterocycles. The lowest BCUT2D eigenvalue weighted by Gasteiger charge is -2.33. The van der Waals surface area contributed by atoms with Crippen LogP contribution in [0.5, 0.6) is 0 Å². The maximum Gasteiger partial charge on any atom is 0.270 e. The van der Waals surface area contributed by atoms with Gasteiger partial charge in [-0.05, 0) is 62.3 Å². The normalized spacial score (nSPS) is 30.1. The topological polar surface area (TPSA) is 66.5 Å². The first-order valence-electron chi connectivity index (χ1n) is 10.3. The van der Waals surface area contributed by atoms with E-state index in [0.717, 1.165) is 36.4 Å². The molecule has 156 valence electrons. The number of allylic oxidation sites excluding steroid dienone is 2. The standard InChI is InChI=1S/C23H29FN2O3/c1-5-7-16-13-18(16)19(8-6-2)23(4)14(3)21(28)26(22(23)29)25-20(27)15-9-11-17(24)12-10-15/h6,8-12,14,16,18-19H,5,7,13H2,1-4H3,(H,25,27)/b8-6-/t14-,16?,18?,19?,23+/m1/s1. The van der Waals surface area contributed by atoms with Gasteiger partial charge in [0, 0.05) is 5.56 Å². The molecule has 1 heterocycles. The lowest BCUT2D eigenvalue weighted by molar-refractivity contribution is -0.144. The van der Waals surface area contributed by atoms with E-state index in [1.165, 1.54) is 12.1 Å². The highest BCUT2D eigenvalue weighted by atomic mass is 19.1. The summed E-state index contributed by atoms with van der Waals surface area (Å²) in [5, 5.41) is 0.865. The van der Waals surface area contributed by atoms with Crippen LogP contribution in [0, 0.1) is 34.9 Å². The number of imide groups is 1. The lowest BCUT2D eigenvalue weighted by atomic mass is 9.67. The minimum Gasteiger partial charge on any atom is -0.272 e. The van der Waals surface area contributed by atoms with Crippen molar-refractivity contribution in [2.45, 2.75) is 47.0 Å². The van der Waals surface area contributed by atoms with Crippen molar-refractivity contribution in [3.8, 4) is 0 Å². The number of hydrogen-bond acceptors (Lipinski definition) is 3. The van der Waals surface area contributed by atoms with E-state index in [0.29, 0.717) is 11.8 Å². The number of carbonyl (C=O) groups is 3. The van der Waals surface area contributed by atoms with Crippen LogP contribution in [0.4, 0.5) is 4.39 Å². The molecule has 1 saturated heterocycles. The summed E-state index contributed by atoms with van der Waals surface area (Å²) in [6.07, 6.45) is 7.28. The molecule has 3 unspecified atom stereocenters. The van der Waals surface area contributed by atoms with E-state index in [2.05, 4.69) is 12.3 Å². The Morgan fingerprint density at radius 3 is 2.59 bits per heavy atom. The van der Waals surface area contributed by atoms with Crippen LogP contribution in [0.1, 0.15) is 57.3 Å². The van der Waals surface area contributed by atoms with Crippen LogP contribution >= 0.6 is 0 Å². The highest BCUT2D eigenvalue weighted by Gasteiger charge is 2.62. The zero-order chi connectivity index (χ0) is 21.3. The predicted molar refractivity (Wildman–Crippen MR) is 108 cm³/mol. The Balaban J connectivity index is 1.84. The molecule has 0 radical (unpaired) electrons. The van der Waals surface area contributed by atoms with Gasteiger partial charge in [-0.3, -0.25) is 19.8 Å². The SMILES string of the molecule is C/C=C\C(C1CC1CCC)[C@@]1(C)C(=O)N(NC(=O)c2ccc(F)cc2)C(=O)[C@H]1C. The second-order valence-corrected chi connectivity index (χ2v) is 8.43. The second kappa shape index (κ2) is 8.09. The molecule has 2 aliphatic rings. The van der Waals surface area contributed by atoms with Crippen molar-refractivity contribution in [2.75, 3.05) is 0 Å². The summed E-state index contributed by atoms with van der Waals surface area (Å²) in [5.41, 5.74) is 1.72. The largest absolute Gasteiger partial charge is 0.272 e. The highest BCUT2D eigenvalue weighted by molar-refractivity contribution is 6.09. The Morgan fingerprint density at radius 2 is 2.00 bits per heavy atom. The zero-order valence-electron chi connectivity index (χ0n) is 17.4. The maximum atomic E-state index is 13.4. The third-order valence-corrected chi connectivity index (χ3v) is 6.66. The fourth-order valence-corrected chi connectivity index (χ4v) is 4.69. The zero-order valence-corrected chi connectivity index (χ0v) is 17.4. The number of nitrogens with one attached hydrogen (secondary N) is 1. The molecular formula is C23H29FN2O3. The third-order valence-electron chi connectivity index (χ3n) is 6.66. The van der Waals surface area contributed by atoms with E-state index in [-0.39, 0.29) is 17.4 Å². The number of carbonyl (C=O) groups excluding carboxylic acids is 3. The van der Waals surface area contributed by atoms with Gasteiger partial charge in [-0.2, -0.15) is 5.01 Å². The van der Waals surface area contributed by atoms with E-state index in [4.69, 9.17) is 0 Å². The summed E-state index contributed by atoms with van der Waals surface area (Å²) in [6.45, 7) is 7.68. The second-order valence-electron chi connectivity index (χ2n) is 8.43. The summed E-state index contributed by atoms with van der Waals surface area (Å²) in [4.78, 5) is 38.8. The highest BCUT2D eigenvalue weighted by Crippen LogP contribution is 2.57. The Morgan fingerprint density at radius 1 is 1.34 bits per heavy atom. The number of amides is 3. The smallest absolute Gasteiger partial charge is 0.270 e. The maximum absolute atomic E-state index is 13.4. The van der Waals surface area contributed by atoms with Gasteiger partial charge in [0.05, 0.1) is 11.3 Å². The first kappa shape index (κ1) is 21.2. The molecule has 6 heteroatoms. The molecule has 5 nitrogen and oxygen atoms in total. The van der Waals surface area contributed by atoms with Crippen molar-refractivity contribution in [1.82, 2.24) is 10.4 Å². The molecule has 5 atom stereocenters. The quantitative estimate of drug-likeness (QED) is 0.553. The van der Waals surface area contributed by atoms with Gasteiger partial charge in [-0.25, -0.2) is 4.39 Å². The van der Waals surface area contributed by atoms with E-state index in [1.54, 1.807) is 6.92 Å². The van der Waals surface area contributed by atoms with Crippen molar-refractivity contribution in [3.63, 3.8) is 0 Å². The molecule has 0 spiro atoms. The molecule has 29 heavy (non-hydrogen) atoms. The molecule has 2 fully saturated rings. The minimum atomic E-state index is -0.910. The van der Waals surface area contributed by atoms with Gasteiger partial charge in [-0.15, -0.1) is 0 Å². The van der Waals surface area contributed by atoms with Gasteiger partial charge in [0.2, 0.25) is 0 Å². The van der Waals surface area contributed by atoms with Crippen LogP contribution in [-0.2, 0) is 9.59 Å².